The maximum atomic E-state index is 12.3. The number of rotatable bonds is 10. The average molecular weight is 710 g/mol. The lowest BCUT2D eigenvalue weighted by molar-refractivity contribution is 0.203. The fourth-order valence-electron chi connectivity index (χ4n) is 5.44. The minimum absolute atomic E-state index is 0.198. The third kappa shape index (κ3) is 6.83. The standard InChI is InChI=1S/C30H33BrN10O4S/c1-40-16-19(14-35-40)20-12-24(26(45-2)13-25(20)41-10-6-18(17-42)7-11-41)37-30-34-15-21(31)29(38-30)36-23-5-4-22-27(33-9-8-32-22)28(23)39-46(3,43)44/h4-5,8-9,12-16,18,39,42H,6-7,10-11,17H2,1-3H3,(H2,34,36,37,38). The number of aryl methyl sites for hydroxylation is 1. The van der Waals surface area contributed by atoms with E-state index in [-0.39, 0.29) is 18.2 Å². The number of aliphatic hydroxyl groups excluding tert-OH is 1. The highest BCUT2D eigenvalue weighted by Crippen LogP contribution is 2.42. The summed E-state index contributed by atoms with van der Waals surface area (Å²) in [6.07, 6.45) is 11.3. The monoisotopic (exact) mass is 708 g/mol. The lowest BCUT2D eigenvalue weighted by Gasteiger charge is -2.34. The molecule has 2 aromatic carbocycles. The first-order chi connectivity index (χ1) is 22.1. The molecule has 1 aliphatic heterocycles. The van der Waals surface area contributed by atoms with Gasteiger partial charge in [0, 0.05) is 74.4 Å². The van der Waals surface area contributed by atoms with E-state index in [9.17, 15) is 13.5 Å². The highest BCUT2D eigenvalue weighted by molar-refractivity contribution is 9.10. The summed E-state index contributed by atoms with van der Waals surface area (Å²) in [4.78, 5) is 20.1. The number of benzene rings is 2. The van der Waals surface area contributed by atoms with E-state index in [1.165, 1.54) is 12.4 Å². The van der Waals surface area contributed by atoms with E-state index in [0.29, 0.717) is 44.4 Å². The smallest absolute Gasteiger partial charge is 0.229 e. The highest BCUT2D eigenvalue weighted by Gasteiger charge is 2.24. The van der Waals surface area contributed by atoms with Gasteiger partial charge in [0.05, 0.1) is 46.6 Å². The number of aromatic nitrogens is 6. The Morgan fingerprint density at radius 1 is 1.07 bits per heavy atom. The third-order valence-electron chi connectivity index (χ3n) is 7.72. The number of hydrogen-bond donors (Lipinski definition) is 4. The van der Waals surface area contributed by atoms with Gasteiger partial charge in [-0.2, -0.15) is 10.1 Å². The highest BCUT2D eigenvalue weighted by atomic mass is 79.9. The number of ether oxygens (including phenoxy) is 1. The van der Waals surface area contributed by atoms with E-state index in [1.807, 2.05) is 31.6 Å². The zero-order valence-electron chi connectivity index (χ0n) is 25.4. The van der Waals surface area contributed by atoms with Crippen LogP contribution in [0, 0.1) is 5.92 Å². The summed E-state index contributed by atoms with van der Waals surface area (Å²) in [5, 5.41) is 20.6. The van der Waals surface area contributed by atoms with Gasteiger partial charge in [-0.3, -0.25) is 19.4 Å². The molecule has 46 heavy (non-hydrogen) atoms. The lowest BCUT2D eigenvalue weighted by Crippen LogP contribution is -2.35. The van der Waals surface area contributed by atoms with E-state index in [4.69, 9.17) is 9.72 Å². The summed E-state index contributed by atoms with van der Waals surface area (Å²) in [6, 6.07) is 7.45. The van der Waals surface area contributed by atoms with Gasteiger partial charge in [-0.25, -0.2) is 13.4 Å². The van der Waals surface area contributed by atoms with Crippen LogP contribution >= 0.6 is 15.9 Å². The minimum Gasteiger partial charge on any atom is -0.494 e. The number of methoxy groups -OCH3 is 1. The van der Waals surface area contributed by atoms with Crippen molar-refractivity contribution < 1.29 is 18.3 Å². The van der Waals surface area contributed by atoms with Crippen molar-refractivity contribution in [3.05, 3.63) is 59.7 Å². The molecule has 0 spiro atoms. The molecular weight excluding hydrogens is 676 g/mol. The molecule has 1 aliphatic rings. The van der Waals surface area contributed by atoms with Crippen molar-refractivity contribution in [2.45, 2.75) is 12.8 Å². The topological polar surface area (TPSA) is 172 Å². The number of hydrogen-bond acceptors (Lipinski definition) is 12. The molecule has 0 bridgehead atoms. The summed E-state index contributed by atoms with van der Waals surface area (Å²) in [5.41, 5.74) is 5.14. The predicted molar refractivity (Wildman–Crippen MR) is 182 cm³/mol. The largest absolute Gasteiger partial charge is 0.494 e. The molecule has 1 saturated heterocycles. The van der Waals surface area contributed by atoms with E-state index in [2.05, 4.69) is 56.2 Å². The van der Waals surface area contributed by atoms with Crippen molar-refractivity contribution in [1.29, 1.82) is 0 Å². The van der Waals surface area contributed by atoms with Crippen LogP contribution < -0.4 is 25.0 Å². The van der Waals surface area contributed by atoms with Crippen molar-refractivity contribution in [2.75, 3.05) is 53.3 Å². The van der Waals surface area contributed by atoms with Gasteiger partial charge in [0.1, 0.15) is 17.1 Å². The molecule has 0 aliphatic carbocycles. The molecule has 16 heteroatoms. The number of sulfonamides is 1. The van der Waals surface area contributed by atoms with E-state index < -0.39 is 10.0 Å². The fourth-order valence-corrected chi connectivity index (χ4v) is 6.31. The van der Waals surface area contributed by atoms with E-state index >= 15 is 0 Å². The molecule has 0 atom stereocenters. The Bertz CT molecular complexity index is 2000. The van der Waals surface area contributed by atoms with Gasteiger partial charge in [0.15, 0.2) is 0 Å². The first kappa shape index (κ1) is 31.4. The number of piperidine rings is 1. The van der Waals surface area contributed by atoms with Crippen molar-refractivity contribution in [3.8, 4) is 16.9 Å². The molecular formula is C30H33BrN10O4S. The molecule has 4 N–H and O–H groups in total. The zero-order valence-corrected chi connectivity index (χ0v) is 27.8. The molecule has 3 aromatic heterocycles. The Morgan fingerprint density at radius 3 is 2.54 bits per heavy atom. The molecule has 6 rings (SSSR count). The van der Waals surface area contributed by atoms with Gasteiger partial charge in [-0.05, 0) is 52.9 Å². The number of halogens is 1. The molecule has 4 heterocycles. The summed E-state index contributed by atoms with van der Waals surface area (Å²) >= 11 is 3.51. The first-order valence-electron chi connectivity index (χ1n) is 14.5. The second-order valence-corrected chi connectivity index (χ2v) is 13.6. The van der Waals surface area contributed by atoms with Crippen LogP contribution in [-0.4, -0.2) is 76.3 Å². The Labute approximate surface area is 274 Å². The Hall–Kier alpha value is -4.54. The SMILES string of the molecule is COc1cc(N2CCC(CO)CC2)c(-c2cnn(C)c2)cc1Nc1ncc(Br)c(Nc2ccc3nccnc3c2NS(C)(=O)=O)n1. The third-order valence-corrected chi connectivity index (χ3v) is 8.87. The van der Waals surface area contributed by atoms with Crippen LogP contribution in [0.5, 0.6) is 5.75 Å². The Morgan fingerprint density at radius 2 is 1.85 bits per heavy atom. The second kappa shape index (κ2) is 13.1. The van der Waals surface area contributed by atoms with Crippen LogP contribution in [0.1, 0.15) is 12.8 Å². The molecule has 1 fully saturated rings. The van der Waals surface area contributed by atoms with Crippen LogP contribution in [0.3, 0.4) is 0 Å². The van der Waals surface area contributed by atoms with Crippen molar-refractivity contribution in [1.82, 2.24) is 29.7 Å². The summed E-state index contributed by atoms with van der Waals surface area (Å²) in [7, 11) is -0.152. The number of aliphatic hydroxyl groups is 1. The number of fused-ring (bicyclic) bond motifs is 1. The van der Waals surface area contributed by atoms with Gasteiger partial charge in [-0.15, -0.1) is 0 Å². The normalized spacial score (nSPS) is 14.0. The quantitative estimate of drug-likeness (QED) is 0.158. The first-order valence-corrected chi connectivity index (χ1v) is 17.1. The van der Waals surface area contributed by atoms with Gasteiger partial charge in [0.2, 0.25) is 16.0 Å². The van der Waals surface area contributed by atoms with E-state index in [0.717, 1.165) is 49.0 Å². The molecule has 0 radical (unpaired) electrons. The van der Waals surface area contributed by atoms with Crippen LogP contribution in [0.15, 0.2) is 59.7 Å². The van der Waals surface area contributed by atoms with Gasteiger partial charge >= 0.3 is 0 Å². The molecule has 240 valence electrons. The molecule has 14 nitrogen and oxygen atoms in total. The van der Waals surface area contributed by atoms with Crippen molar-refractivity contribution in [3.63, 3.8) is 0 Å². The van der Waals surface area contributed by atoms with Gasteiger partial charge in [-0.1, -0.05) is 0 Å². The van der Waals surface area contributed by atoms with Crippen LogP contribution in [0.4, 0.5) is 34.5 Å². The fraction of sp³-hybridized carbons (Fsp3) is 0.300. The van der Waals surface area contributed by atoms with Crippen LogP contribution in [-0.2, 0) is 17.1 Å². The maximum Gasteiger partial charge on any atom is 0.229 e. The zero-order chi connectivity index (χ0) is 32.4. The predicted octanol–water partition coefficient (Wildman–Crippen LogP) is 4.66. The molecule has 5 aromatic rings. The van der Waals surface area contributed by atoms with Gasteiger partial charge < -0.3 is 25.4 Å². The van der Waals surface area contributed by atoms with E-state index in [1.54, 1.807) is 30.1 Å². The maximum absolute atomic E-state index is 12.3. The number of nitrogens with zero attached hydrogens (tertiary/aromatic N) is 7. The minimum atomic E-state index is -3.64. The molecule has 0 saturated carbocycles. The Balaban J connectivity index is 1.36. The number of nitrogens with one attached hydrogen (secondary N) is 3. The summed E-state index contributed by atoms with van der Waals surface area (Å²) in [5.74, 6) is 1.56. The molecule has 0 amide bonds. The summed E-state index contributed by atoms with van der Waals surface area (Å²) < 4.78 is 35.2. The molecule has 0 unspecified atom stereocenters. The van der Waals surface area contributed by atoms with Crippen molar-refractivity contribution >= 4 is 71.5 Å². The van der Waals surface area contributed by atoms with Crippen molar-refractivity contribution in [2.24, 2.45) is 13.0 Å². The van der Waals surface area contributed by atoms with Crippen LogP contribution in [0.25, 0.3) is 22.2 Å². The Kier molecular flexibility index (Phi) is 8.93. The van der Waals surface area contributed by atoms with Gasteiger partial charge in [0.25, 0.3) is 0 Å². The second-order valence-electron chi connectivity index (χ2n) is 11.0. The summed E-state index contributed by atoms with van der Waals surface area (Å²) in [6.45, 7) is 1.83. The number of anilines is 6. The van der Waals surface area contributed by atoms with Crippen LogP contribution in [0.2, 0.25) is 0 Å². The lowest BCUT2D eigenvalue weighted by atomic mass is 9.96. The average Bonchev–Trinajstić information content (AvgIpc) is 3.49.